The third-order valence-corrected chi connectivity index (χ3v) is 4.17. The van der Waals surface area contributed by atoms with Gasteiger partial charge in [-0.2, -0.15) is 0 Å². The fourth-order valence-corrected chi connectivity index (χ4v) is 2.63. The molecule has 1 aliphatic rings. The molecule has 1 saturated carbocycles. The zero-order valence-corrected chi connectivity index (χ0v) is 15.8. The van der Waals surface area contributed by atoms with Crippen molar-refractivity contribution in [3.05, 3.63) is 54.5 Å². The Morgan fingerprint density at radius 3 is 2.42 bits per heavy atom. The van der Waals surface area contributed by atoms with Crippen LogP contribution in [0.3, 0.4) is 0 Å². The lowest BCUT2D eigenvalue weighted by Crippen LogP contribution is -2.23. The van der Waals surface area contributed by atoms with Gasteiger partial charge >= 0.3 is 12.1 Å². The molecule has 0 radical (unpaired) electrons. The second kappa shape index (κ2) is 8.44. The lowest BCUT2D eigenvalue weighted by Gasteiger charge is -2.12. The quantitative estimate of drug-likeness (QED) is 0.382. The Labute approximate surface area is 174 Å². The SMILES string of the molecule is NC(=O)OC(=O)c1ncncc1NC(=O)c1nc(C2CC2)cnc1Nc1cncnc1. The van der Waals surface area contributed by atoms with E-state index in [2.05, 4.69) is 45.3 Å². The Morgan fingerprint density at radius 1 is 0.968 bits per heavy atom. The van der Waals surface area contributed by atoms with Crippen molar-refractivity contribution < 1.29 is 19.1 Å². The first kappa shape index (κ1) is 19.8. The van der Waals surface area contributed by atoms with Crippen molar-refractivity contribution in [2.45, 2.75) is 18.8 Å². The van der Waals surface area contributed by atoms with E-state index in [1.54, 1.807) is 6.20 Å². The molecule has 0 atom stereocenters. The number of nitrogens with zero attached hydrogens (tertiary/aromatic N) is 6. The zero-order chi connectivity index (χ0) is 21.8. The van der Waals surface area contributed by atoms with Crippen LogP contribution in [0, 0.1) is 0 Å². The average Bonchev–Trinajstić information content (AvgIpc) is 3.60. The molecule has 3 heterocycles. The second-order valence-electron chi connectivity index (χ2n) is 6.47. The van der Waals surface area contributed by atoms with Gasteiger partial charge in [0, 0.05) is 5.92 Å². The van der Waals surface area contributed by atoms with Gasteiger partial charge < -0.3 is 21.1 Å². The van der Waals surface area contributed by atoms with Crippen LogP contribution in [0.25, 0.3) is 0 Å². The molecule has 13 heteroatoms. The van der Waals surface area contributed by atoms with Crippen molar-refractivity contribution >= 4 is 35.2 Å². The van der Waals surface area contributed by atoms with E-state index in [-0.39, 0.29) is 28.8 Å². The van der Waals surface area contributed by atoms with Crippen molar-refractivity contribution in [3.8, 4) is 0 Å². The molecule has 0 bridgehead atoms. The number of hydrogen-bond acceptors (Lipinski definition) is 11. The predicted octanol–water partition coefficient (Wildman–Crippen LogP) is 1.17. The third-order valence-electron chi connectivity index (χ3n) is 4.17. The summed E-state index contributed by atoms with van der Waals surface area (Å²) in [5.74, 6) is -1.41. The Hall–Kier alpha value is -4.55. The van der Waals surface area contributed by atoms with E-state index in [4.69, 9.17) is 5.73 Å². The van der Waals surface area contributed by atoms with Crippen molar-refractivity contribution in [3.63, 3.8) is 0 Å². The fraction of sp³-hybridized carbons (Fsp3) is 0.167. The summed E-state index contributed by atoms with van der Waals surface area (Å²) in [7, 11) is 0. The Morgan fingerprint density at radius 2 is 1.71 bits per heavy atom. The maximum atomic E-state index is 13.0. The summed E-state index contributed by atoms with van der Waals surface area (Å²) in [5, 5.41) is 5.45. The summed E-state index contributed by atoms with van der Waals surface area (Å²) < 4.78 is 4.33. The summed E-state index contributed by atoms with van der Waals surface area (Å²) in [5.41, 5.74) is 5.58. The minimum Gasteiger partial charge on any atom is -0.371 e. The molecule has 0 unspecified atom stereocenters. The van der Waals surface area contributed by atoms with Crippen LogP contribution < -0.4 is 16.4 Å². The van der Waals surface area contributed by atoms with E-state index >= 15 is 0 Å². The number of nitrogens with one attached hydrogen (secondary N) is 2. The number of primary amides is 1. The molecule has 3 aromatic heterocycles. The smallest absolute Gasteiger partial charge is 0.371 e. The highest BCUT2D eigenvalue weighted by Gasteiger charge is 2.28. The van der Waals surface area contributed by atoms with Gasteiger partial charge in [-0.05, 0) is 12.8 Å². The number of aromatic nitrogens is 6. The van der Waals surface area contributed by atoms with Gasteiger partial charge in [-0.3, -0.25) is 4.79 Å². The molecular formula is C18H15N9O4. The molecular weight excluding hydrogens is 406 g/mol. The van der Waals surface area contributed by atoms with Gasteiger partial charge in [0.2, 0.25) is 0 Å². The van der Waals surface area contributed by atoms with E-state index in [1.165, 1.54) is 24.9 Å². The Balaban J connectivity index is 1.64. The number of amides is 2. The maximum absolute atomic E-state index is 13.0. The molecule has 156 valence electrons. The van der Waals surface area contributed by atoms with Crippen LogP contribution in [-0.2, 0) is 4.74 Å². The van der Waals surface area contributed by atoms with Crippen LogP contribution in [-0.4, -0.2) is 47.9 Å². The molecule has 0 aliphatic heterocycles. The van der Waals surface area contributed by atoms with Gasteiger partial charge in [-0.25, -0.2) is 39.5 Å². The number of esters is 1. The lowest BCUT2D eigenvalue weighted by atomic mass is 10.2. The zero-order valence-electron chi connectivity index (χ0n) is 15.8. The molecule has 0 saturated heterocycles. The van der Waals surface area contributed by atoms with E-state index in [9.17, 15) is 14.4 Å². The summed E-state index contributed by atoms with van der Waals surface area (Å²) in [6.07, 6.45) is 8.84. The van der Waals surface area contributed by atoms with E-state index in [0.717, 1.165) is 19.2 Å². The summed E-state index contributed by atoms with van der Waals surface area (Å²) in [6, 6.07) is 0. The van der Waals surface area contributed by atoms with E-state index in [0.29, 0.717) is 11.4 Å². The fourth-order valence-electron chi connectivity index (χ4n) is 2.63. The normalized spacial score (nSPS) is 12.6. The van der Waals surface area contributed by atoms with Crippen molar-refractivity contribution in [2.24, 2.45) is 5.73 Å². The van der Waals surface area contributed by atoms with Crippen molar-refractivity contribution in [2.75, 3.05) is 10.6 Å². The van der Waals surface area contributed by atoms with Gasteiger partial charge in [0.15, 0.2) is 17.2 Å². The molecule has 0 aromatic carbocycles. The lowest BCUT2D eigenvalue weighted by molar-refractivity contribution is 0.0633. The van der Waals surface area contributed by atoms with Crippen LogP contribution in [0.2, 0.25) is 0 Å². The number of hydrogen-bond donors (Lipinski definition) is 3. The van der Waals surface area contributed by atoms with Crippen LogP contribution in [0.5, 0.6) is 0 Å². The highest BCUT2D eigenvalue weighted by Crippen LogP contribution is 2.39. The van der Waals surface area contributed by atoms with Crippen LogP contribution >= 0.6 is 0 Å². The molecule has 31 heavy (non-hydrogen) atoms. The van der Waals surface area contributed by atoms with Crippen molar-refractivity contribution in [1.29, 1.82) is 0 Å². The van der Waals surface area contributed by atoms with Crippen LogP contribution in [0.4, 0.5) is 22.0 Å². The number of nitrogens with two attached hydrogens (primary N) is 1. The number of anilines is 3. The molecule has 0 spiro atoms. The number of rotatable bonds is 6. The largest absolute Gasteiger partial charge is 0.412 e. The number of carbonyl (C=O) groups is 3. The molecule has 13 nitrogen and oxygen atoms in total. The maximum Gasteiger partial charge on any atom is 0.412 e. The topological polar surface area (TPSA) is 188 Å². The Bertz CT molecular complexity index is 1150. The molecule has 4 N–H and O–H groups in total. The highest BCUT2D eigenvalue weighted by atomic mass is 16.6. The molecule has 3 aromatic rings. The molecule has 1 fully saturated rings. The third kappa shape index (κ3) is 4.72. The summed E-state index contributed by atoms with van der Waals surface area (Å²) in [4.78, 5) is 60.0. The monoisotopic (exact) mass is 421 g/mol. The second-order valence-corrected chi connectivity index (χ2v) is 6.47. The van der Waals surface area contributed by atoms with Gasteiger partial charge in [0.05, 0.1) is 41.9 Å². The van der Waals surface area contributed by atoms with E-state index < -0.39 is 18.0 Å². The molecule has 4 rings (SSSR count). The summed E-state index contributed by atoms with van der Waals surface area (Å²) in [6.45, 7) is 0. The summed E-state index contributed by atoms with van der Waals surface area (Å²) >= 11 is 0. The van der Waals surface area contributed by atoms with Gasteiger partial charge in [-0.1, -0.05) is 0 Å². The van der Waals surface area contributed by atoms with Crippen LogP contribution in [0.1, 0.15) is 45.4 Å². The Kier molecular flexibility index (Phi) is 5.38. The van der Waals surface area contributed by atoms with Gasteiger partial charge in [-0.15, -0.1) is 0 Å². The number of ether oxygens (including phenoxy) is 1. The van der Waals surface area contributed by atoms with E-state index in [1.807, 2.05) is 0 Å². The number of carbonyl (C=O) groups excluding carboxylic acids is 3. The molecule has 1 aliphatic carbocycles. The minimum absolute atomic E-state index is 0.0219. The molecule has 2 amide bonds. The predicted molar refractivity (Wildman–Crippen MR) is 104 cm³/mol. The highest BCUT2D eigenvalue weighted by molar-refractivity contribution is 6.09. The standard InChI is InChI=1S/C18H15N9O4/c19-18(30)31-17(29)13-12(5-22-8-24-13)27-16(28)14-15(25-10-3-20-7-21-4-10)23-6-11(26-14)9-1-2-9/h3-9H,1-2H2,(H2,19,30)(H,23,25)(H,27,28). The van der Waals surface area contributed by atoms with Crippen molar-refractivity contribution in [1.82, 2.24) is 29.9 Å². The van der Waals surface area contributed by atoms with Crippen LogP contribution in [0.15, 0.2) is 37.4 Å². The first-order chi connectivity index (χ1) is 15.0. The van der Waals surface area contributed by atoms with Gasteiger partial charge in [0.25, 0.3) is 5.91 Å². The minimum atomic E-state index is -1.31. The first-order valence-electron chi connectivity index (χ1n) is 9.03. The average molecular weight is 421 g/mol. The van der Waals surface area contributed by atoms with Gasteiger partial charge in [0.1, 0.15) is 12.7 Å². The first-order valence-corrected chi connectivity index (χ1v) is 9.03.